The maximum Gasteiger partial charge on any atom is 0.261 e. The van der Waals surface area contributed by atoms with Crippen molar-refractivity contribution in [3.63, 3.8) is 0 Å². The summed E-state index contributed by atoms with van der Waals surface area (Å²) < 4.78 is 8.51. The van der Waals surface area contributed by atoms with E-state index in [1.165, 1.54) is 10.4 Å². The van der Waals surface area contributed by atoms with Gasteiger partial charge in [-0.2, -0.15) is 0 Å². The summed E-state index contributed by atoms with van der Waals surface area (Å²) in [6.45, 7) is 7.02. The largest absolute Gasteiger partial charge is 0.405 e. The van der Waals surface area contributed by atoms with Crippen LogP contribution in [0.2, 0.25) is 5.04 Å². The molecule has 0 fully saturated rings. The van der Waals surface area contributed by atoms with Crippen LogP contribution in [0.1, 0.15) is 26.6 Å². The monoisotopic (exact) mass is 410 g/mol. The molecule has 2 N–H and O–H groups in total. The molecular formula is C23H30N2O3Si. The van der Waals surface area contributed by atoms with Crippen LogP contribution < -0.4 is 10.4 Å². The van der Waals surface area contributed by atoms with Crippen molar-refractivity contribution in [1.82, 2.24) is 9.55 Å². The Morgan fingerprint density at radius 1 is 1.00 bits per heavy atom. The average Bonchev–Trinajstić information content (AvgIpc) is 3.16. The highest BCUT2D eigenvalue weighted by atomic mass is 28.4. The zero-order valence-corrected chi connectivity index (χ0v) is 18.3. The highest BCUT2D eigenvalue weighted by Crippen LogP contribution is 2.36. The van der Waals surface area contributed by atoms with E-state index in [0.29, 0.717) is 12.4 Å². The zero-order valence-electron chi connectivity index (χ0n) is 17.3. The fraction of sp³-hybridized carbons (Fsp3) is 0.348. The van der Waals surface area contributed by atoms with Crippen molar-refractivity contribution in [2.45, 2.75) is 45.1 Å². The van der Waals surface area contributed by atoms with Crippen LogP contribution in [0.5, 0.6) is 0 Å². The topological polar surface area (TPSA) is 67.5 Å². The summed E-state index contributed by atoms with van der Waals surface area (Å²) in [5.41, 5.74) is 0. The molecule has 0 saturated heterocycles. The van der Waals surface area contributed by atoms with Crippen molar-refractivity contribution in [3.8, 4) is 0 Å². The van der Waals surface area contributed by atoms with Crippen molar-refractivity contribution >= 4 is 18.7 Å². The summed E-state index contributed by atoms with van der Waals surface area (Å²) in [7, 11) is -2.67. The van der Waals surface area contributed by atoms with Gasteiger partial charge in [-0.15, -0.1) is 0 Å². The second-order valence-electron chi connectivity index (χ2n) is 8.28. The maximum absolute atomic E-state index is 10.7. The number of benzene rings is 2. The second kappa shape index (κ2) is 9.05. The summed E-state index contributed by atoms with van der Waals surface area (Å²) in [4.78, 5) is 4.10. The molecule has 1 heterocycles. The van der Waals surface area contributed by atoms with Crippen molar-refractivity contribution in [3.05, 3.63) is 78.9 Å². The lowest BCUT2D eigenvalue weighted by Gasteiger charge is -2.43. The Balaban J connectivity index is 1.93. The van der Waals surface area contributed by atoms with Gasteiger partial charge in [0.05, 0.1) is 19.3 Å². The molecule has 0 radical (unpaired) electrons. The molecule has 0 unspecified atom stereocenters. The molecule has 1 aromatic heterocycles. The summed E-state index contributed by atoms with van der Waals surface area (Å²) in [5, 5.41) is 22.4. The van der Waals surface area contributed by atoms with Crippen LogP contribution in [0, 0.1) is 0 Å². The first-order valence-electron chi connectivity index (χ1n) is 9.92. The lowest BCUT2D eigenvalue weighted by atomic mass is 10.2. The van der Waals surface area contributed by atoms with Crippen LogP contribution in [0.3, 0.4) is 0 Å². The number of hydrogen-bond acceptors (Lipinski definition) is 4. The predicted octanol–water partition coefficient (Wildman–Crippen LogP) is 2.31. The highest BCUT2D eigenvalue weighted by molar-refractivity contribution is 6.99. The van der Waals surface area contributed by atoms with Gasteiger partial charge in [-0.3, -0.25) is 0 Å². The van der Waals surface area contributed by atoms with Gasteiger partial charge in [0, 0.05) is 12.4 Å². The van der Waals surface area contributed by atoms with Crippen molar-refractivity contribution in [1.29, 1.82) is 0 Å². The molecule has 0 aliphatic rings. The van der Waals surface area contributed by atoms with E-state index in [9.17, 15) is 10.2 Å². The van der Waals surface area contributed by atoms with Gasteiger partial charge in [-0.1, -0.05) is 81.4 Å². The Morgan fingerprint density at radius 3 is 2.03 bits per heavy atom. The summed E-state index contributed by atoms with van der Waals surface area (Å²) in [6.07, 6.45) is 2.68. The lowest BCUT2D eigenvalue weighted by Crippen LogP contribution is -2.67. The van der Waals surface area contributed by atoms with Gasteiger partial charge in [-0.25, -0.2) is 4.98 Å². The molecule has 3 aromatic rings. The van der Waals surface area contributed by atoms with Gasteiger partial charge >= 0.3 is 0 Å². The number of imidazole rings is 1. The first-order valence-corrected chi connectivity index (χ1v) is 11.8. The fourth-order valence-corrected chi connectivity index (χ4v) is 8.52. The lowest BCUT2D eigenvalue weighted by molar-refractivity contribution is 0.0859. The van der Waals surface area contributed by atoms with Gasteiger partial charge in [-0.05, 0) is 15.4 Å². The molecule has 0 aliphatic heterocycles. The van der Waals surface area contributed by atoms with Crippen LogP contribution in [0.4, 0.5) is 0 Å². The summed E-state index contributed by atoms with van der Waals surface area (Å²) >= 11 is 0. The first-order chi connectivity index (χ1) is 13.9. The minimum atomic E-state index is -2.67. The first kappa shape index (κ1) is 21.5. The molecule has 0 spiro atoms. The number of nitrogens with zero attached hydrogens (tertiary/aromatic N) is 2. The smallest absolute Gasteiger partial charge is 0.261 e. The standard InChI is InChI=1S/C23H30N2O3Si/c1-23(2,3)29(20-10-6-4-7-11-20,21-12-8-5-9-13-21)28-18-19(27)16-25-15-14-24-22(25)17-26/h4-15,19,26-27H,16-18H2,1-3H3/t19-/m1/s1. The number of aliphatic hydroxyl groups excluding tert-OH is 2. The van der Waals surface area contributed by atoms with E-state index in [2.05, 4.69) is 50.0 Å². The summed E-state index contributed by atoms with van der Waals surface area (Å²) in [6, 6.07) is 20.8. The van der Waals surface area contributed by atoms with Crippen molar-refractivity contribution in [2.24, 2.45) is 0 Å². The number of aromatic nitrogens is 2. The quantitative estimate of drug-likeness (QED) is 0.559. The van der Waals surface area contributed by atoms with Gasteiger partial charge in [0.25, 0.3) is 8.32 Å². The maximum atomic E-state index is 10.7. The third kappa shape index (κ3) is 4.51. The van der Waals surface area contributed by atoms with Crippen LogP contribution in [0.25, 0.3) is 0 Å². The van der Waals surface area contributed by atoms with Gasteiger partial charge in [0.15, 0.2) is 0 Å². The van der Waals surface area contributed by atoms with E-state index in [-0.39, 0.29) is 18.3 Å². The number of hydrogen-bond donors (Lipinski definition) is 2. The molecule has 0 saturated carbocycles. The Hall–Kier alpha value is -2.25. The van der Waals surface area contributed by atoms with Gasteiger partial charge in [0.1, 0.15) is 12.4 Å². The second-order valence-corrected chi connectivity index (χ2v) is 12.6. The van der Waals surface area contributed by atoms with E-state index in [1.54, 1.807) is 17.0 Å². The van der Waals surface area contributed by atoms with Crippen LogP contribution >= 0.6 is 0 Å². The molecule has 0 aliphatic carbocycles. The Bertz CT molecular complexity index is 852. The van der Waals surface area contributed by atoms with E-state index < -0.39 is 14.4 Å². The average molecular weight is 411 g/mol. The Morgan fingerprint density at radius 2 is 1.55 bits per heavy atom. The third-order valence-electron chi connectivity index (χ3n) is 5.26. The molecule has 0 bridgehead atoms. The molecule has 6 heteroatoms. The van der Waals surface area contributed by atoms with E-state index in [0.717, 1.165) is 0 Å². The van der Waals surface area contributed by atoms with E-state index in [1.807, 2.05) is 36.4 Å². The molecule has 0 amide bonds. The molecule has 2 aromatic carbocycles. The third-order valence-corrected chi connectivity index (χ3v) is 10.3. The predicted molar refractivity (Wildman–Crippen MR) is 118 cm³/mol. The molecular weight excluding hydrogens is 380 g/mol. The SMILES string of the molecule is CC(C)(C)[Si](OC[C@H](O)Cn1ccnc1CO)(c1ccccc1)c1ccccc1. The normalized spacial score (nSPS) is 13.4. The highest BCUT2D eigenvalue weighted by Gasteiger charge is 2.50. The van der Waals surface area contributed by atoms with Crippen molar-refractivity contribution in [2.75, 3.05) is 6.61 Å². The van der Waals surface area contributed by atoms with Crippen LogP contribution in [0.15, 0.2) is 73.1 Å². The van der Waals surface area contributed by atoms with E-state index >= 15 is 0 Å². The molecule has 3 rings (SSSR count). The van der Waals surface area contributed by atoms with Gasteiger partial charge < -0.3 is 19.2 Å². The minimum absolute atomic E-state index is 0.138. The summed E-state index contributed by atoms with van der Waals surface area (Å²) in [5.74, 6) is 0.537. The van der Waals surface area contributed by atoms with Crippen molar-refractivity contribution < 1.29 is 14.6 Å². The molecule has 154 valence electrons. The number of aliphatic hydroxyl groups is 2. The molecule has 5 nitrogen and oxygen atoms in total. The Kier molecular flexibility index (Phi) is 6.69. The van der Waals surface area contributed by atoms with Crippen LogP contribution in [-0.2, 0) is 17.6 Å². The molecule has 1 atom stereocenters. The van der Waals surface area contributed by atoms with Gasteiger partial charge in [0.2, 0.25) is 0 Å². The minimum Gasteiger partial charge on any atom is -0.405 e. The Labute approximate surface area is 173 Å². The number of rotatable bonds is 8. The van der Waals surface area contributed by atoms with Crippen LogP contribution in [-0.4, -0.2) is 40.8 Å². The van der Waals surface area contributed by atoms with E-state index in [4.69, 9.17) is 4.43 Å². The zero-order chi connectivity index (χ0) is 20.9. The fourth-order valence-electron chi connectivity index (χ4n) is 3.92. The molecule has 29 heavy (non-hydrogen) atoms.